The molecule has 2 N–H and O–H groups in total. The third-order valence-corrected chi connectivity index (χ3v) is 4.04. The Labute approximate surface area is 129 Å². The molecule has 1 saturated heterocycles. The summed E-state index contributed by atoms with van der Waals surface area (Å²) in [6.07, 6.45) is 6.80. The highest BCUT2D eigenvalue weighted by molar-refractivity contribution is 5.88. The quantitative estimate of drug-likeness (QED) is 0.808. The number of aromatic nitrogens is 3. The smallest absolute Gasteiger partial charge is 0.318 e. The van der Waals surface area contributed by atoms with Gasteiger partial charge >= 0.3 is 6.03 Å². The molecule has 1 saturated carbocycles. The Balaban J connectivity index is 1.52. The van der Waals surface area contributed by atoms with E-state index >= 15 is 0 Å². The highest BCUT2D eigenvalue weighted by atomic mass is 16.2. The van der Waals surface area contributed by atoms with E-state index in [1.54, 1.807) is 15.9 Å². The monoisotopic (exact) mass is 306 g/mol. The minimum absolute atomic E-state index is 0.0147. The lowest BCUT2D eigenvalue weighted by Crippen LogP contribution is -2.52. The first-order valence-corrected chi connectivity index (χ1v) is 7.83. The van der Waals surface area contributed by atoms with Crippen LogP contribution >= 0.6 is 0 Å². The Kier molecular flexibility index (Phi) is 4.26. The topological polar surface area (TPSA) is 92.2 Å². The van der Waals surface area contributed by atoms with Crippen LogP contribution in [0.4, 0.5) is 4.79 Å². The number of carbonyl (C=O) groups is 2. The molecule has 1 aliphatic heterocycles. The molecule has 2 fully saturated rings. The van der Waals surface area contributed by atoms with E-state index in [0.29, 0.717) is 19.1 Å². The van der Waals surface area contributed by atoms with Crippen LogP contribution in [0.5, 0.6) is 0 Å². The second-order valence-corrected chi connectivity index (χ2v) is 6.10. The molecule has 2 atom stereocenters. The molecule has 2 unspecified atom stereocenters. The van der Waals surface area contributed by atoms with Gasteiger partial charge in [-0.2, -0.15) is 5.10 Å². The molecule has 0 spiro atoms. The SMILES string of the molecule is CC(Cn1cncn1)NC(=O)N1CCCC1C(=O)NC1CC1. The van der Waals surface area contributed by atoms with E-state index in [4.69, 9.17) is 0 Å². The van der Waals surface area contributed by atoms with E-state index in [0.717, 1.165) is 25.7 Å². The van der Waals surface area contributed by atoms with E-state index in [9.17, 15) is 9.59 Å². The van der Waals surface area contributed by atoms with Crippen LogP contribution in [0.15, 0.2) is 12.7 Å². The minimum Gasteiger partial charge on any atom is -0.352 e. The van der Waals surface area contributed by atoms with Crippen molar-refractivity contribution in [3.8, 4) is 0 Å². The summed E-state index contributed by atoms with van der Waals surface area (Å²) in [5, 5.41) is 9.94. The summed E-state index contributed by atoms with van der Waals surface area (Å²) in [5.41, 5.74) is 0. The van der Waals surface area contributed by atoms with Crippen LogP contribution in [0.3, 0.4) is 0 Å². The summed E-state index contributed by atoms with van der Waals surface area (Å²) in [7, 11) is 0. The van der Waals surface area contributed by atoms with Crippen molar-refractivity contribution >= 4 is 11.9 Å². The van der Waals surface area contributed by atoms with Crippen molar-refractivity contribution in [2.45, 2.75) is 57.3 Å². The fourth-order valence-corrected chi connectivity index (χ4v) is 2.75. The van der Waals surface area contributed by atoms with Crippen molar-refractivity contribution in [2.75, 3.05) is 6.54 Å². The van der Waals surface area contributed by atoms with Gasteiger partial charge in [0, 0.05) is 18.6 Å². The standard InChI is InChI=1S/C14H22N6O2/c1-10(7-19-9-15-8-16-19)17-14(22)20-6-2-3-12(20)13(21)18-11-4-5-11/h8-12H,2-7H2,1H3,(H,17,22)(H,18,21). The molecule has 1 aliphatic carbocycles. The summed E-state index contributed by atoms with van der Waals surface area (Å²) in [5.74, 6) is -0.0147. The van der Waals surface area contributed by atoms with E-state index in [2.05, 4.69) is 20.7 Å². The van der Waals surface area contributed by atoms with Crippen LogP contribution in [0.2, 0.25) is 0 Å². The molecule has 22 heavy (non-hydrogen) atoms. The predicted octanol–water partition coefficient (Wildman–Crippen LogP) is 0.119. The van der Waals surface area contributed by atoms with Crippen LogP contribution in [-0.2, 0) is 11.3 Å². The fourth-order valence-electron chi connectivity index (χ4n) is 2.75. The molecule has 2 aliphatic rings. The highest BCUT2D eigenvalue weighted by Gasteiger charge is 2.36. The van der Waals surface area contributed by atoms with Gasteiger partial charge in [-0.15, -0.1) is 0 Å². The van der Waals surface area contributed by atoms with Gasteiger partial charge in [0.05, 0.1) is 6.54 Å². The van der Waals surface area contributed by atoms with Gasteiger partial charge < -0.3 is 15.5 Å². The molecule has 3 amide bonds. The fraction of sp³-hybridized carbons (Fsp3) is 0.714. The lowest BCUT2D eigenvalue weighted by atomic mass is 10.2. The van der Waals surface area contributed by atoms with Crippen LogP contribution in [0, 0.1) is 0 Å². The zero-order chi connectivity index (χ0) is 15.5. The molecule has 0 radical (unpaired) electrons. The zero-order valence-corrected chi connectivity index (χ0v) is 12.7. The van der Waals surface area contributed by atoms with Crippen LogP contribution in [0.1, 0.15) is 32.6 Å². The molecule has 0 aromatic carbocycles. The van der Waals surface area contributed by atoms with Gasteiger partial charge in [-0.1, -0.05) is 0 Å². The average Bonchev–Trinajstić information content (AvgIpc) is 2.96. The number of hydrogen-bond acceptors (Lipinski definition) is 4. The summed E-state index contributed by atoms with van der Waals surface area (Å²) in [6.45, 7) is 3.10. The molecule has 8 heteroatoms. The second-order valence-electron chi connectivity index (χ2n) is 6.10. The van der Waals surface area contributed by atoms with Crippen LogP contribution < -0.4 is 10.6 Å². The number of urea groups is 1. The lowest BCUT2D eigenvalue weighted by Gasteiger charge is -2.26. The van der Waals surface area contributed by atoms with E-state index in [1.807, 2.05) is 6.92 Å². The first kappa shape index (κ1) is 14.8. The lowest BCUT2D eigenvalue weighted by molar-refractivity contribution is -0.124. The Morgan fingerprint density at radius 2 is 2.18 bits per heavy atom. The summed E-state index contributed by atoms with van der Waals surface area (Å²) in [4.78, 5) is 30.1. The molecule has 8 nitrogen and oxygen atoms in total. The first-order chi connectivity index (χ1) is 10.6. The molecule has 3 rings (SSSR count). The van der Waals surface area contributed by atoms with Crippen LogP contribution in [0.25, 0.3) is 0 Å². The predicted molar refractivity (Wildman–Crippen MR) is 78.9 cm³/mol. The number of nitrogens with one attached hydrogen (secondary N) is 2. The van der Waals surface area contributed by atoms with Gasteiger partial charge in [-0.25, -0.2) is 9.78 Å². The molecule has 0 bridgehead atoms. The van der Waals surface area contributed by atoms with E-state index in [1.165, 1.54) is 6.33 Å². The Morgan fingerprint density at radius 1 is 1.36 bits per heavy atom. The van der Waals surface area contributed by atoms with Crippen molar-refractivity contribution < 1.29 is 9.59 Å². The maximum Gasteiger partial charge on any atom is 0.318 e. The number of amides is 3. The number of carbonyl (C=O) groups excluding carboxylic acids is 2. The molecular formula is C14H22N6O2. The summed E-state index contributed by atoms with van der Waals surface area (Å²) >= 11 is 0. The first-order valence-electron chi connectivity index (χ1n) is 7.83. The zero-order valence-electron chi connectivity index (χ0n) is 12.7. The normalized spacial score (nSPS) is 22.4. The van der Waals surface area contributed by atoms with Gasteiger partial charge in [-0.05, 0) is 32.6 Å². The molecular weight excluding hydrogens is 284 g/mol. The number of nitrogens with zero attached hydrogens (tertiary/aromatic N) is 4. The van der Waals surface area contributed by atoms with Crippen molar-refractivity contribution in [1.29, 1.82) is 0 Å². The summed E-state index contributed by atoms with van der Waals surface area (Å²) < 4.78 is 1.67. The third-order valence-electron chi connectivity index (χ3n) is 4.04. The number of rotatable bonds is 5. The second kappa shape index (κ2) is 6.33. The van der Waals surface area contributed by atoms with Crippen molar-refractivity contribution in [2.24, 2.45) is 0 Å². The van der Waals surface area contributed by atoms with Crippen LogP contribution in [-0.4, -0.2) is 56.3 Å². The molecule has 2 heterocycles. The molecule has 1 aromatic rings. The van der Waals surface area contributed by atoms with E-state index in [-0.39, 0.29) is 24.0 Å². The van der Waals surface area contributed by atoms with Crippen molar-refractivity contribution in [3.05, 3.63) is 12.7 Å². The highest BCUT2D eigenvalue weighted by Crippen LogP contribution is 2.22. The van der Waals surface area contributed by atoms with E-state index < -0.39 is 0 Å². The van der Waals surface area contributed by atoms with Gasteiger partial charge in [-0.3, -0.25) is 9.48 Å². The maximum atomic E-state index is 12.4. The Bertz CT molecular complexity index is 527. The Morgan fingerprint density at radius 3 is 2.86 bits per heavy atom. The molecule has 1 aromatic heterocycles. The van der Waals surface area contributed by atoms with Gasteiger partial charge in [0.2, 0.25) is 5.91 Å². The van der Waals surface area contributed by atoms with Gasteiger partial charge in [0.15, 0.2) is 0 Å². The third kappa shape index (κ3) is 3.55. The van der Waals surface area contributed by atoms with Crippen molar-refractivity contribution in [1.82, 2.24) is 30.3 Å². The minimum atomic E-state index is -0.334. The van der Waals surface area contributed by atoms with Gasteiger partial charge in [0.25, 0.3) is 0 Å². The average molecular weight is 306 g/mol. The Hall–Kier alpha value is -2.12. The summed E-state index contributed by atoms with van der Waals surface area (Å²) in [6, 6.07) is -0.272. The number of hydrogen-bond donors (Lipinski definition) is 2. The maximum absolute atomic E-state index is 12.4. The largest absolute Gasteiger partial charge is 0.352 e. The number of likely N-dealkylation sites (tertiary alicyclic amines) is 1. The van der Waals surface area contributed by atoms with Crippen molar-refractivity contribution in [3.63, 3.8) is 0 Å². The molecule has 120 valence electrons. The van der Waals surface area contributed by atoms with Gasteiger partial charge in [0.1, 0.15) is 18.7 Å².